The molecule has 1 atom stereocenters. The molecule has 0 saturated carbocycles. The Hall–Kier alpha value is -2.12. The number of halogens is 1. The number of hydrogen-bond donors (Lipinski definition) is 1. The van der Waals surface area contributed by atoms with Crippen molar-refractivity contribution < 1.29 is 13.2 Å². The smallest absolute Gasteiger partial charge is 0.249 e. The van der Waals surface area contributed by atoms with Gasteiger partial charge in [0.1, 0.15) is 5.82 Å². The largest absolute Gasteiger partial charge is 0.307 e. The Morgan fingerprint density at radius 2 is 2.20 bits per heavy atom. The summed E-state index contributed by atoms with van der Waals surface area (Å²) < 4.78 is 25.0. The van der Waals surface area contributed by atoms with Crippen LogP contribution in [0.4, 0.5) is 5.82 Å². The fourth-order valence-corrected chi connectivity index (χ4v) is 4.70. The van der Waals surface area contributed by atoms with Gasteiger partial charge < -0.3 is 5.32 Å². The number of nitrogens with one attached hydrogen (secondary N) is 1. The molecule has 1 fully saturated rings. The lowest BCUT2D eigenvalue weighted by Crippen LogP contribution is -2.18. The normalized spacial score (nSPS) is 19.4. The number of aromatic nitrogens is 2. The van der Waals surface area contributed by atoms with Crippen LogP contribution in [0.25, 0.3) is 6.08 Å². The van der Waals surface area contributed by atoms with Crippen molar-refractivity contribution in [3.8, 4) is 0 Å². The van der Waals surface area contributed by atoms with E-state index in [2.05, 4.69) is 10.4 Å². The van der Waals surface area contributed by atoms with E-state index in [1.54, 1.807) is 41.9 Å². The summed E-state index contributed by atoms with van der Waals surface area (Å²) >= 11 is 5.91. The fraction of sp³-hybridized carbons (Fsp3) is 0.294. The molecule has 6 nitrogen and oxygen atoms in total. The summed E-state index contributed by atoms with van der Waals surface area (Å²) in [6.07, 6.45) is 3.57. The first-order chi connectivity index (χ1) is 11.8. The summed E-state index contributed by atoms with van der Waals surface area (Å²) in [6.45, 7) is 1.80. The van der Waals surface area contributed by atoms with Crippen LogP contribution in [-0.4, -0.2) is 35.6 Å². The molecule has 0 radical (unpaired) electrons. The number of hydrogen-bond acceptors (Lipinski definition) is 4. The molecule has 1 aromatic heterocycles. The second-order valence-corrected chi connectivity index (χ2v) is 8.72. The van der Waals surface area contributed by atoms with Crippen LogP contribution in [0.2, 0.25) is 5.02 Å². The molecule has 132 valence electrons. The van der Waals surface area contributed by atoms with E-state index in [4.69, 9.17) is 11.6 Å². The van der Waals surface area contributed by atoms with Crippen LogP contribution < -0.4 is 5.32 Å². The number of aryl methyl sites for hydroxylation is 1. The van der Waals surface area contributed by atoms with E-state index in [0.29, 0.717) is 17.3 Å². The van der Waals surface area contributed by atoms with E-state index in [9.17, 15) is 13.2 Å². The van der Waals surface area contributed by atoms with Gasteiger partial charge in [0.2, 0.25) is 5.91 Å². The van der Waals surface area contributed by atoms with Crippen molar-refractivity contribution in [1.82, 2.24) is 9.78 Å². The average Bonchev–Trinajstić information content (AvgIpc) is 3.07. The van der Waals surface area contributed by atoms with Crippen molar-refractivity contribution in [2.45, 2.75) is 19.4 Å². The zero-order valence-electron chi connectivity index (χ0n) is 13.6. The highest BCUT2D eigenvalue weighted by Gasteiger charge is 2.31. The molecule has 1 aliphatic heterocycles. The van der Waals surface area contributed by atoms with Gasteiger partial charge in [0.05, 0.1) is 23.2 Å². The molecule has 8 heteroatoms. The number of carbonyl (C=O) groups excluding carboxylic acids is 1. The highest BCUT2D eigenvalue weighted by Crippen LogP contribution is 2.27. The van der Waals surface area contributed by atoms with E-state index < -0.39 is 9.84 Å². The molecule has 0 bridgehead atoms. The summed E-state index contributed by atoms with van der Waals surface area (Å²) in [7, 11) is -3.03. The van der Waals surface area contributed by atoms with Crippen LogP contribution in [0, 0.1) is 6.92 Å². The second kappa shape index (κ2) is 7.01. The van der Waals surface area contributed by atoms with Crippen molar-refractivity contribution in [3.63, 3.8) is 0 Å². The highest BCUT2D eigenvalue weighted by atomic mass is 35.5. The van der Waals surface area contributed by atoms with Crippen LogP contribution in [0.3, 0.4) is 0 Å². The Labute approximate surface area is 151 Å². The van der Waals surface area contributed by atoms with E-state index in [1.165, 1.54) is 6.08 Å². The molecular formula is C17H18ClN3O3S. The van der Waals surface area contributed by atoms with Gasteiger partial charge in [-0.2, -0.15) is 5.10 Å². The minimum atomic E-state index is -3.03. The van der Waals surface area contributed by atoms with Crippen molar-refractivity contribution in [1.29, 1.82) is 0 Å². The predicted molar refractivity (Wildman–Crippen MR) is 98.4 cm³/mol. The summed E-state index contributed by atoms with van der Waals surface area (Å²) in [4.78, 5) is 12.2. The van der Waals surface area contributed by atoms with Gasteiger partial charge in [-0.05, 0) is 37.1 Å². The van der Waals surface area contributed by atoms with Gasteiger partial charge in [0, 0.05) is 17.2 Å². The molecule has 1 amide bonds. The second-order valence-electron chi connectivity index (χ2n) is 6.05. The molecule has 0 aliphatic carbocycles. The number of anilines is 1. The van der Waals surface area contributed by atoms with Gasteiger partial charge in [-0.1, -0.05) is 23.7 Å². The first-order valence-electron chi connectivity index (χ1n) is 7.84. The van der Waals surface area contributed by atoms with Crippen molar-refractivity contribution in [2.24, 2.45) is 0 Å². The molecule has 1 aromatic carbocycles. The van der Waals surface area contributed by atoms with Crippen molar-refractivity contribution >= 4 is 39.2 Å². The van der Waals surface area contributed by atoms with E-state index >= 15 is 0 Å². The van der Waals surface area contributed by atoms with Gasteiger partial charge in [-0.25, -0.2) is 13.1 Å². The molecule has 0 spiro atoms. The molecule has 1 aliphatic rings. The zero-order chi connectivity index (χ0) is 18.0. The molecule has 1 N–H and O–H groups in total. The summed E-state index contributed by atoms with van der Waals surface area (Å²) in [5, 5.41) is 7.70. The van der Waals surface area contributed by atoms with Crippen LogP contribution >= 0.6 is 11.6 Å². The Balaban J connectivity index is 1.73. The first kappa shape index (κ1) is 17.7. The summed E-state index contributed by atoms with van der Waals surface area (Å²) in [6, 6.07) is 8.65. The minimum Gasteiger partial charge on any atom is -0.307 e. The maximum Gasteiger partial charge on any atom is 0.249 e. The Bertz CT molecular complexity index is 934. The Morgan fingerprint density at radius 3 is 2.88 bits per heavy atom. The number of amides is 1. The third-order valence-corrected chi connectivity index (χ3v) is 5.92. The predicted octanol–water partition coefficient (Wildman–Crippen LogP) is 2.86. The maximum absolute atomic E-state index is 12.2. The van der Waals surface area contributed by atoms with Gasteiger partial charge in [0.25, 0.3) is 0 Å². The number of carbonyl (C=O) groups is 1. The van der Waals surface area contributed by atoms with Crippen LogP contribution in [-0.2, 0) is 14.6 Å². The lowest BCUT2D eigenvalue weighted by molar-refractivity contribution is -0.111. The third kappa shape index (κ3) is 4.49. The van der Waals surface area contributed by atoms with Gasteiger partial charge in [-0.3, -0.25) is 4.79 Å². The first-order valence-corrected chi connectivity index (χ1v) is 10.0. The lowest BCUT2D eigenvalue weighted by atomic mass is 10.2. The highest BCUT2D eigenvalue weighted by molar-refractivity contribution is 7.91. The number of benzene rings is 1. The molecule has 3 rings (SSSR count). The quantitative estimate of drug-likeness (QED) is 0.828. The average molecular weight is 380 g/mol. The topological polar surface area (TPSA) is 81.1 Å². The SMILES string of the molecule is Cc1cc(NC(=O)/C=C/c2cccc(Cl)c2)n(C2CCS(=O)(=O)C2)n1. The van der Waals surface area contributed by atoms with Crippen molar-refractivity contribution in [2.75, 3.05) is 16.8 Å². The lowest BCUT2D eigenvalue weighted by Gasteiger charge is -2.13. The standard InChI is InChI=1S/C17H18ClN3O3S/c1-12-9-16(21(20-12)15-7-8-25(23,24)11-15)19-17(22)6-5-13-3-2-4-14(18)10-13/h2-6,9-10,15H,7-8,11H2,1H3,(H,19,22)/b6-5+. The van der Waals surface area contributed by atoms with Crippen molar-refractivity contribution in [3.05, 3.63) is 52.7 Å². The number of rotatable bonds is 4. The fourth-order valence-electron chi connectivity index (χ4n) is 2.81. The van der Waals surface area contributed by atoms with E-state index in [-0.39, 0.29) is 23.5 Å². The molecule has 25 heavy (non-hydrogen) atoms. The van der Waals surface area contributed by atoms with Gasteiger partial charge in [0.15, 0.2) is 9.84 Å². The monoisotopic (exact) mass is 379 g/mol. The molecular weight excluding hydrogens is 362 g/mol. The molecule has 2 heterocycles. The third-order valence-electron chi connectivity index (χ3n) is 3.94. The number of sulfone groups is 1. The molecule has 1 unspecified atom stereocenters. The van der Waals surface area contributed by atoms with Crippen LogP contribution in [0.15, 0.2) is 36.4 Å². The Kier molecular flexibility index (Phi) is 4.96. The number of nitrogens with zero attached hydrogens (tertiary/aromatic N) is 2. The minimum absolute atomic E-state index is 0.0509. The molecule has 2 aromatic rings. The summed E-state index contributed by atoms with van der Waals surface area (Å²) in [5.41, 5.74) is 1.53. The van der Waals surface area contributed by atoms with Crippen LogP contribution in [0.5, 0.6) is 0 Å². The van der Waals surface area contributed by atoms with E-state index in [0.717, 1.165) is 11.3 Å². The molecule has 1 saturated heterocycles. The van der Waals surface area contributed by atoms with Gasteiger partial charge >= 0.3 is 0 Å². The zero-order valence-corrected chi connectivity index (χ0v) is 15.2. The van der Waals surface area contributed by atoms with E-state index in [1.807, 2.05) is 6.07 Å². The van der Waals surface area contributed by atoms with Gasteiger partial charge in [-0.15, -0.1) is 0 Å². The Morgan fingerprint density at radius 1 is 1.40 bits per heavy atom. The summed E-state index contributed by atoms with van der Waals surface area (Å²) in [5.74, 6) is 0.385. The maximum atomic E-state index is 12.2. The van der Waals surface area contributed by atoms with Crippen LogP contribution in [0.1, 0.15) is 23.7 Å².